The minimum absolute atomic E-state index is 0.00973. The molecular weight excluding hydrogens is 306 g/mol. The number of rotatable bonds is 7. The van der Waals surface area contributed by atoms with Crippen molar-refractivity contribution in [2.75, 3.05) is 52.3 Å². The summed E-state index contributed by atoms with van der Waals surface area (Å²) in [6.45, 7) is 2.82. The second-order valence-corrected chi connectivity index (χ2v) is 8.39. The minimum atomic E-state index is -3.02. The largest absolute Gasteiger partial charge is 0.340 e. The Balaban J connectivity index is 2.54. The van der Waals surface area contributed by atoms with Gasteiger partial charge in [0.2, 0.25) is 11.8 Å². The van der Waals surface area contributed by atoms with Crippen LogP contribution in [-0.4, -0.2) is 93.3 Å². The van der Waals surface area contributed by atoms with Gasteiger partial charge in [0.1, 0.15) is 0 Å². The second kappa shape index (κ2) is 7.92. The van der Waals surface area contributed by atoms with Crippen LogP contribution in [0.5, 0.6) is 0 Å². The Bertz CT molecular complexity index is 504. The Morgan fingerprint density at radius 2 is 1.77 bits per heavy atom. The molecule has 0 aromatic rings. The van der Waals surface area contributed by atoms with Gasteiger partial charge in [-0.05, 0) is 33.5 Å². The maximum atomic E-state index is 12.3. The Morgan fingerprint density at radius 1 is 1.14 bits per heavy atom. The Morgan fingerprint density at radius 3 is 2.23 bits per heavy atom. The lowest BCUT2D eigenvalue weighted by Crippen LogP contribution is -2.45. The molecule has 128 valence electrons. The fourth-order valence-corrected chi connectivity index (χ4v) is 4.26. The Kier molecular flexibility index (Phi) is 6.80. The molecule has 1 aliphatic heterocycles. The molecule has 8 heteroatoms. The zero-order valence-corrected chi connectivity index (χ0v) is 14.7. The summed E-state index contributed by atoms with van der Waals surface area (Å²) in [7, 11) is 2.51. The van der Waals surface area contributed by atoms with Gasteiger partial charge in [-0.3, -0.25) is 9.59 Å². The number of carbonyl (C=O) groups is 2. The molecule has 2 amide bonds. The van der Waals surface area contributed by atoms with Crippen molar-refractivity contribution in [1.82, 2.24) is 14.7 Å². The maximum Gasteiger partial charge on any atom is 0.242 e. The number of hydrogen-bond donors (Lipinski definition) is 0. The van der Waals surface area contributed by atoms with E-state index in [1.165, 1.54) is 16.7 Å². The number of likely N-dealkylation sites (N-methyl/N-ethyl adjacent to an activating group) is 1. The van der Waals surface area contributed by atoms with Gasteiger partial charge in [0.25, 0.3) is 0 Å². The third kappa shape index (κ3) is 5.92. The van der Waals surface area contributed by atoms with E-state index < -0.39 is 9.84 Å². The van der Waals surface area contributed by atoms with E-state index in [0.717, 1.165) is 13.0 Å². The van der Waals surface area contributed by atoms with Crippen molar-refractivity contribution in [3.8, 4) is 0 Å². The van der Waals surface area contributed by atoms with Crippen LogP contribution in [-0.2, 0) is 19.4 Å². The number of amides is 2. The van der Waals surface area contributed by atoms with Crippen molar-refractivity contribution in [2.24, 2.45) is 0 Å². The van der Waals surface area contributed by atoms with Crippen LogP contribution >= 0.6 is 0 Å². The normalized spacial score (nSPS) is 20.1. The molecule has 1 aliphatic rings. The summed E-state index contributed by atoms with van der Waals surface area (Å²) in [6.07, 6.45) is 1.27. The predicted molar refractivity (Wildman–Crippen MR) is 85.3 cm³/mol. The zero-order chi connectivity index (χ0) is 16.9. The smallest absolute Gasteiger partial charge is 0.242 e. The van der Waals surface area contributed by atoms with Crippen molar-refractivity contribution >= 4 is 21.7 Å². The highest BCUT2D eigenvalue weighted by molar-refractivity contribution is 7.91. The molecule has 0 bridgehead atoms. The van der Waals surface area contributed by atoms with Gasteiger partial charge in [0.15, 0.2) is 9.84 Å². The quantitative estimate of drug-likeness (QED) is 0.624. The number of hydrogen-bond acceptors (Lipinski definition) is 5. The van der Waals surface area contributed by atoms with E-state index in [1.54, 1.807) is 7.05 Å². The van der Waals surface area contributed by atoms with Crippen molar-refractivity contribution in [1.29, 1.82) is 0 Å². The van der Waals surface area contributed by atoms with Crippen molar-refractivity contribution in [3.05, 3.63) is 0 Å². The van der Waals surface area contributed by atoms with Crippen molar-refractivity contribution in [3.63, 3.8) is 0 Å². The molecule has 0 saturated carbocycles. The SMILES string of the molecule is CC(=O)N(CCCN(C)C)CC(=O)N(C)C1CCS(=O)(=O)C1. The van der Waals surface area contributed by atoms with Crippen LogP contribution in [0.1, 0.15) is 19.8 Å². The lowest BCUT2D eigenvalue weighted by molar-refractivity contribution is -0.139. The van der Waals surface area contributed by atoms with Gasteiger partial charge in [0.05, 0.1) is 18.1 Å². The molecule has 0 aromatic carbocycles. The molecule has 7 nitrogen and oxygen atoms in total. The molecule has 1 unspecified atom stereocenters. The van der Waals surface area contributed by atoms with Gasteiger partial charge in [0, 0.05) is 26.6 Å². The monoisotopic (exact) mass is 333 g/mol. The average Bonchev–Trinajstić information content (AvgIpc) is 2.76. The summed E-state index contributed by atoms with van der Waals surface area (Å²) in [6, 6.07) is -0.270. The third-order valence-electron chi connectivity index (χ3n) is 3.95. The van der Waals surface area contributed by atoms with Gasteiger partial charge < -0.3 is 14.7 Å². The molecule has 1 rings (SSSR count). The second-order valence-electron chi connectivity index (χ2n) is 6.16. The minimum Gasteiger partial charge on any atom is -0.340 e. The first-order chi connectivity index (χ1) is 10.1. The average molecular weight is 333 g/mol. The van der Waals surface area contributed by atoms with Gasteiger partial charge in [-0.1, -0.05) is 0 Å². The van der Waals surface area contributed by atoms with Crippen LogP contribution in [0.25, 0.3) is 0 Å². The molecule has 0 aliphatic carbocycles. The Labute approximate surface area is 133 Å². The summed E-state index contributed by atoms with van der Waals surface area (Å²) >= 11 is 0. The van der Waals surface area contributed by atoms with E-state index in [-0.39, 0.29) is 35.9 Å². The first-order valence-corrected chi connectivity index (χ1v) is 9.31. The molecule has 22 heavy (non-hydrogen) atoms. The first kappa shape index (κ1) is 18.9. The highest BCUT2D eigenvalue weighted by Gasteiger charge is 2.33. The highest BCUT2D eigenvalue weighted by atomic mass is 32.2. The van der Waals surface area contributed by atoms with E-state index in [2.05, 4.69) is 0 Å². The first-order valence-electron chi connectivity index (χ1n) is 7.48. The molecule has 1 fully saturated rings. The van der Waals surface area contributed by atoms with E-state index in [0.29, 0.717) is 13.0 Å². The van der Waals surface area contributed by atoms with Gasteiger partial charge >= 0.3 is 0 Å². The molecule has 0 radical (unpaired) electrons. The fourth-order valence-electron chi connectivity index (χ4n) is 2.48. The summed E-state index contributed by atoms with van der Waals surface area (Å²) in [4.78, 5) is 28.9. The lowest BCUT2D eigenvalue weighted by Gasteiger charge is -2.28. The standard InChI is InChI=1S/C14H27N3O4S/c1-12(18)17(8-5-7-15(2)3)10-14(19)16(4)13-6-9-22(20,21)11-13/h13H,5-11H2,1-4H3. The van der Waals surface area contributed by atoms with E-state index >= 15 is 0 Å². The fraction of sp³-hybridized carbons (Fsp3) is 0.857. The van der Waals surface area contributed by atoms with Crippen molar-refractivity contribution in [2.45, 2.75) is 25.8 Å². The summed E-state index contributed by atoms with van der Waals surface area (Å²) in [5.74, 6) is -0.188. The van der Waals surface area contributed by atoms with Gasteiger partial charge in [-0.2, -0.15) is 0 Å². The van der Waals surface area contributed by atoms with Gasteiger partial charge in [-0.25, -0.2) is 8.42 Å². The number of nitrogens with zero attached hydrogens (tertiary/aromatic N) is 3. The van der Waals surface area contributed by atoms with E-state index in [4.69, 9.17) is 0 Å². The van der Waals surface area contributed by atoms with E-state index in [9.17, 15) is 18.0 Å². The van der Waals surface area contributed by atoms with Crippen LogP contribution < -0.4 is 0 Å². The predicted octanol–water partition coefficient (Wildman–Crippen LogP) is -0.568. The topological polar surface area (TPSA) is 78.0 Å². The zero-order valence-electron chi connectivity index (χ0n) is 13.9. The molecule has 0 N–H and O–H groups in total. The lowest BCUT2D eigenvalue weighted by atomic mass is 10.2. The van der Waals surface area contributed by atoms with Crippen LogP contribution in [0.15, 0.2) is 0 Å². The van der Waals surface area contributed by atoms with Crippen molar-refractivity contribution < 1.29 is 18.0 Å². The maximum absolute atomic E-state index is 12.3. The molecule has 1 heterocycles. The summed E-state index contributed by atoms with van der Waals surface area (Å²) in [5, 5.41) is 0. The third-order valence-corrected chi connectivity index (χ3v) is 5.70. The van der Waals surface area contributed by atoms with Crippen LogP contribution in [0.3, 0.4) is 0 Å². The summed E-state index contributed by atoms with van der Waals surface area (Å²) in [5.41, 5.74) is 0. The van der Waals surface area contributed by atoms with Crippen LogP contribution in [0.4, 0.5) is 0 Å². The molecular formula is C14H27N3O4S. The van der Waals surface area contributed by atoms with Crippen LogP contribution in [0, 0.1) is 0 Å². The molecule has 1 atom stereocenters. The molecule has 1 saturated heterocycles. The number of sulfone groups is 1. The van der Waals surface area contributed by atoms with E-state index in [1.807, 2.05) is 19.0 Å². The van der Waals surface area contributed by atoms with Gasteiger partial charge in [-0.15, -0.1) is 0 Å². The number of carbonyl (C=O) groups excluding carboxylic acids is 2. The summed E-state index contributed by atoms with van der Waals surface area (Å²) < 4.78 is 23.0. The molecule has 0 aromatic heterocycles. The highest BCUT2D eigenvalue weighted by Crippen LogP contribution is 2.16. The van der Waals surface area contributed by atoms with Crippen LogP contribution in [0.2, 0.25) is 0 Å². The Hall–Kier alpha value is -1.15. The molecule has 0 spiro atoms.